The summed E-state index contributed by atoms with van der Waals surface area (Å²) in [6.45, 7) is 3.63. The average molecular weight is 299 g/mol. The molecular formula is C16H21N5O. The molecule has 6 heteroatoms. The van der Waals surface area contributed by atoms with Gasteiger partial charge in [-0.2, -0.15) is 0 Å². The molecule has 2 aromatic rings. The SMILES string of the molecule is C[C@@H]1CN(c2ccc(-c3nccn3C)nn2)C[C@@]1(O)C1CC1. The zero-order valence-electron chi connectivity index (χ0n) is 13.0. The molecule has 0 amide bonds. The predicted molar refractivity (Wildman–Crippen MR) is 83.3 cm³/mol. The van der Waals surface area contributed by atoms with Crippen LogP contribution in [0.15, 0.2) is 24.5 Å². The van der Waals surface area contributed by atoms with Crippen molar-refractivity contribution in [3.05, 3.63) is 24.5 Å². The molecule has 1 saturated heterocycles. The highest BCUT2D eigenvalue weighted by Crippen LogP contribution is 2.47. The molecule has 1 aliphatic carbocycles. The smallest absolute Gasteiger partial charge is 0.160 e. The van der Waals surface area contributed by atoms with Gasteiger partial charge in [0.15, 0.2) is 11.6 Å². The Bertz CT molecular complexity index is 678. The number of hydrogen-bond acceptors (Lipinski definition) is 5. The lowest BCUT2D eigenvalue weighted by molar-refractivity contribution is 0.00281. The number of rotatable bonds is 3. The molecule has 2 fully saturated rings. The Labute approximate surface area is 129 Å². The van der Waals surface area contributed by atoms with E-state index in [2.05, 4.69) is 27.0 Å². The molecule has 2 aliphatic rings. The van der Waals surface area contributed by atoms with Crippen LogP contribution in [0.5, 0.6) is 0 Å². The lowest BCUT2D eigenvalue weighted by Gasteiger charge is -2.26. The van der Waals surface area contributed by atoms with Gasteiger partial charge in [-0.1, -0.05) is 6.92 Å². The zero-order chi connectivity index (χ0) is 15.3. The normalized spacial score (nSPS) is 28.3. The van der Waals surface area contributed by atoms with Gasteiger partial charge in [-0.25, -0.2) is 4.98 Å². The number of aromatic nitrogens is 4. The molecular weight excluding hydrogens is 278 g/mol. The van der Waals surface area contributed by atoms with E-state index in [0.29, 0.717) is 12.5 Å². The van der Waals surface area contributed by atoms with E-state index in [1.165, 1.54) is 0 Å². The molecule has 0 unspecified atom stereocenters. The van der Waals surface area contributed by atoms with Crippen molar-refractivity contribution in [2.45, 2.75) is 25.4 Å². The van der Waals surface area contributed by atoms with Gasteiger partial charge in [-0.15, -0.1) is 10.2 Å². The van der Waals surface area contributed by atoms with Crippen LogP contribution in [0, 0.1) is 11.8 Å². The molecule has 0 radical (unpaired) electrons. The first-order chi connectivity index (χ1) is 10.6. The minimum atomic E-state index is -0.556. The number of imidazole rings is 1. The van der Waals surface area contributed by atoms with E-state index in [0.717, 1.165) is 36.7 Å². The van der Waals surface area contributed by atoms with Gasteiger partial charge in [0.1, 0.15) is 5.69 Å². The van der Waals surface area contributed by atoms with E-state index in [-0.39, 0.29) is 5.92 Å². The van der Waals surface area contributed by atoms with Crippen molar-refractivity contribution >= 4 is 5.82 Å². The number of hydrogen-bond donors (Lipinski definition) is 1. The summed E-state index contributed by atoms with van der Waals surface area (Å²) in [6.07, 6.45) is 5.95. The molecule has 22 heavy (non-hydrogen) atoms. The minimum Gasteiger partial charge on any atom is -0.387 e. The number of aryl methyl sites for hydroxylation is 1. The molecule has 6 nitrogen and oxygen atoms in total. The Hall–Kier alpha value is -1.95. The summed E-state index contributed by atoms with van der Waals surface area (Å²) in [5.74, 6) is 2.38. The third-order valence-corrected chi connectivity index (χ3v) is 5.10. The zero-order valence-corrected chi connectivity index (χ0v) is 13.0. The first-order valence-corrected chi connectivity index (χ1v) is 7.86. The molecule has 0 spiro atoms. The topological polar surface area (TPSA) is 67.1 Å². The average Bonchev–Trinajstić information content (AvgIpc) is 3.22. The second-order valence-corrected chi connectivity index (χ2v) is 6.69. The Kier molecular flexibility index (Phi) is 2.97. The highest BCUT2D eigenvalue weighted by atomic mass is 16.3. The van der Waals surface area contributed by atoms with Crippen LogP contribution < -0.4 is 4.90 Å². The molecule has 2 atom stereocenters. The first kappa shape index (κ1) is 13.7. The Morgan fingerprint density at radius 1 is 1.27 bits per heavy atom. The van der Waals surface area contributed by atoms with Crippen molar-refractivity contribution < 1.29 is 5.11 Å². The number of aliphatic hydroxyl groups is 1. The summed E-state index contributed by atoms with van der Waals surface area (Å²) in [5, 5.41) is 19.5. The molecule has 0 bridgehead atoms. The van der Waals surface area contributed by atoms with Gasteiger partial charge in [0.05, 0.1) is 5.60 Å². The molecule has 116 valence electrons. The van der Waals surface area contributed by atoms with Crippen molar-refractivity contribution in [1.29, 1.82) is 0 Å². The Morgan fingerprint density at radius 3 is 2.68 bits per heavy atom. The Balaban J connectivity index is 1.56. The molecule has 1 aliphatic heterocycles. The van der Waals surface area contributed by atoms with Crippen molar-refractivity contribution in [1.82, 2.24) is 19.7 Å². The monoisotopic (exact) mass is 299 g/mol. The summed E-state index contributed by atoms with van der Waals surface area (Å²) in [6, 6.07) is 3.92. The molecule has 3 heterocycles. The third-order valence-electron chi connectivity index (χ3n) is 5.10. The highest BCUT2D eigenvalue weighted by Gasteiger charge is 2.52. The van der Waals surface area contributed by atoms with Gasteiger partial charge >= 0.3 is 0 Å². The largest absolute Gasteiger partial charge is 0.387 e. The van der Waals surface area contributed by atoms with E-state index in [1.54, 1.807) is 6.20 Å². The first-order valence-electron chi connectivity index (χ1n) is 7.86. The fraction of sp³-hybridized carbons (Fsp3) is 0.562. The fourth-order valence-electron chi connectivity index (χ4n) is 3.53. The standard InChI is InChI=1S/C16H21N5O/c1-11-9-21(10-16(11,22)12-3-4-12)14-6-5-13(18-19-14)15-17-7-8-20(15)2/h5-8,11-12,22H,3-4,9-10H2,1-2H3/t11-,16+/m1/s1. The van der Waals surface area contributed by atoms with Gasteiger partial charge in [0.2, 0.25) is 0 Å². The van der Waals surface area contributed by atoms with Gasteiger partial charge in [0.25, 0.3) is 0 Å². The highest BCUT2D eigenvalue weighted by molar-refractivity contribution is 5.52. The second kappa shape index (κ2) is 4.78. The van der Waals surface area contributed by atoms with Crippen molar-refractivity contribution in [3.8, 4) is 11.5 Å². The van der Waals surface area contributed by atoms with Gasteiger partial charge < -0.3 is 14.6 Å². The number of anilines is 1. The van der Waals surface area contributed by atoms with E-state index in [4.69, 9.17) is 0 Å². The van der Waals surface area contributed by atoms with Crippen LogP contribution in [-0.4, -0.2) is 43.5 Å². The fourth-order valence-corrected chi connectivity index (χ4v) is 3.53. The van der Waals surface area contributed by atoms with Gasteiger partial charge in [-0.05, 0) is 30.9 Å². The van der Waals surface area contributed by atoms with E-state index < -0.39 is 5.60 Å². The number of nitrogens with zero attached hydrogens (tertiary/aromatic N) is 5. The van der Waals surface area contributed by atoms with E-state index in [1.807, 2.05) is 29.9 Å². The summed E-state index contributed by atoms with van der Waals surface area (Å²) < 4.78 is 1.92. The van der Waals surface area contributed by atoms with Gasteiger partial charge in [-0.3, -0.25) is 0 Å². The van der Waals surface area contributed by atoms with Crippen molar-refractivity contribution in [2.24, 2.45) is 18.9 Å². The summed E-state index contributed by atoms with van der Waals surface area (Å²) >= 11 is 0. The van der Waals surface area contributed by atoms with Crippen LogP contribution in [0.4, 0.5) is 5.82 Å². The molecule has 1 N–H and O–H groups in total. The quantitative estimate of drug-likeness (QED) is 0.929. The predicted octanol–water partition coefficient (Wildman–Crippen LogP) is 1.47. The van der Waals surface area contributed by atoms with Crippen molar-refractivity contribution in [2.75, 3.05) is 18.0 Å². The van der Waals surface area contributed by atoms with Crippen LogP contribution in [-0.2, 0) is 7.05 Å². The molecule has 4 rings (SSSR count). The number of β-amino-alcohol motifs (C(OH)–C–C–N with tert-alkyl or cyclic N) is 1. The third kappa shape index (κ3) is 2.09. The molecule has 2 aromatic heterocycles. The van der Waals surface area contributed by atoms with Crippen LogP contribution in [0.3, 0.4) is 0 Å². The van der Waals surface area contributed by atoms with E-state index in [9.17, 15) is 5.11 Å². The van der Waals surface area contributed by atoms with Crippen molar-refractivity contribution in [3.63, 3.8) is 0 Å². The van der Waals surface area contributed by atoms with Crippen LogP contribution in [0.2, 0.25) is 0 Å². The summed E-state index contributed by atoms with van der Waals surface area (Å²) in [5.41, 5.74) is 0.209. The second-order valence-electron chi connectivity index (χ2n) is 6.69. The summed E-state index contributed by atoms with van der Waals surface area (Å²) in [7, 11) is 1.94. The lowest BCUT2D eigenvalue weighted by Crippen LogP contribution is -2.39. The van der Waals surface area contributed by atoms with Crippen LogP contribution in [0.1, 0.15) is 19.8 Å². The lowest BCUT2D eigenvalue weighted by atomic mass is 9.88. The maximum Gasteiger partial charge on any atom is 0.160 e. The van der Waals surface area contributed by atoms with Crippen LogP contribution >= 0.6 is 0 Å². The Morgan fingerprint density at radius 2 is 2.09 bits per heavy atom. The molecule has 0 aromatic carbocycles. The van der Waals surface area contributed by atoms with Gasteiger partial charge in [0, 0.05) is 38.4 Å². The summed E-state index contributed by atoms with van der Waals surface area (Å²) in [4.78, 5) is 6.44. The minimum absolute atomic E-state index is 0.274. The maximum absolute atomic E-state index is 10.9. The van der Waals surface area contributed by atoms with Crippen LogP contribution in [0.25, 0.3) is 11.5 Å². The maximum atomic E-state index is 10.9. The van der Waals surface area contributed by atoms with E-state index >= 15 is 0 Å². The molecule has 1 saturated carbocycles.